The zero-order chi connectivity index (χ0) is 13.5. The topological polar surface area (TPSA) is 21.3 Å². The molecule has 0 bridgehead atoms. The van der Waals surface area contributed by atoms with Gasteiger partial charge in [-0.25, -0.2) is 0 Å². The smallest absolute Gasteiger partial charge is 0.0582 e. The van der Waals surface area contributed by atoms with Gasteiger partial charge in [-0.1, -0.05) is 19.1 Å². The molecular weight excluding hydrogens is 254 g/mol. The molecule has 1 aromatic carbocycles. The summed E-state index contributed by atoms with van der Waals surface area (Å²) < 4.78 is 5.51. The van der Waals surface area contributed by atoms with Gasteiger partial charge >= 0.3 is 0 Å². The molecule has 1 N–H and O–H groups in total. The van der Waals surface area contributed by atoms with Gasteiger partial charge in [0, 0.05) is 23.8 Å². The molecule has 2 rings (SSSR count). The number of benzene rings is 1. The summed E-state index contributed by atoms with van der Waals surface area (Å²) in [7, 11) is 1.84. The fraction of sp³-hybridized carbons (Fsp3) is 0.625. The monoisotopic (exact) mass is 279 g/mol. The molecule has 0 radical (unpaired) electrons. The van der Waals surface area contributed by atoms with Gasteiger partial charge in [-0.05, 0) is 49.9 Å². The normalized spacial score (nSPS) is 23.5. The molecule has 1 fully saturated rings. The van der Waals surface area contributed by atoms with Crippen LogP contribution in [0.5, 0.6) is 0 Å². The minimum atomic E-state index is 0.469. The fourth-order valence-corrected chi connectivity index (χ4v) is 3.97. The molecule has 0 aliphatic heterocycles. The van der Waals surface area contributed by atoms with E-state index >= 15 is 0 Å². The third-order valence-corrected chi connectivity index (χ3v) is 4.98. The molecule has 1 saturated carbocycles. The second kappa shape index (κ2) is 7.93. The van der Waals surface area contributed by atoms with Crippen molar-refractivity contribution >= 4 is 11.8 Å². The standard InChI is InChI=1S/C16H25NOS/c1-3-17-12-13-6-4-8-15(10-13)19-16-9-5-7-14(11-16)18-2/h4,6,8,10,14,16-17H,3,5,7,9,11-12H2,1-2H3. The third-order valence-electron chi connectivity index (χ3n) is 3.69. The van der Waals surface area contributed by atoms with E-state index in [0.717, 1.165) is 13.1 Å². The molecule has 0 amide bonds. The summed E-state index contributed by atoms with van der Waals surface area (Å²) in [4.78, 5) is 1.40. The maximum Gasteiger partial charge on any atom is 0.0582 e. The maximum atomic E-state index is 5.51. The number of ether oxygens (including phenoxy) is 1. The van der Waals surface area contributed by atoms with Crippen molar-refractivity contribution in [3.05, 3.63) is 29.8 Å². The predicted molar refractivity (Wildman–Crippen MR) is 82.7 cm³/mol. The number of hydrogen-bond acceptors (Lipinski definition) is 3. The van der Waals surface area contributed by atoms with Crippen molar-refractivity contribution in [2.75, 3.05) is 13.7 Å². The van der Waals surface area contributed by atoms with Crippen LogP contribution >= 0.6 is 11.8 Å². The number of hydrogen-bond donors (Lipinski definition) is 1. The molecule has 2 atom stereocenters. The number of methoxy groups -OCH3 is 1. The van der Waals surface area contributed by atoms with Gasteiger partial charge < -0.3 is 10.1 Å². The van der Waals surface area contributed by atoms with Gasteiger partial charge in [-0.2, -0.15) is 0 Å². The van der Waals surface area contributed by atoms with Gasteiger partial charge in [-0.3, -0.25) is 0 Å². The van der Waals surface area contributed by atoms with Crippen LogP contribution in [-0.4, -0.2) is 25.0 Å². The largest absolute Gasteiger partial charge is 0.381 e. The van der Waals surface area contributed by atoms with Crippen LogP contribution in [0.25, 0.3) is 0 Å². The van der Waals surface area contributed by atoms with Gasteiger partial charge in [0.05, 0.1) is 6.10 Å². The lowest BCUT2D eigenvalue weighted by Crippen LogP contribution is -2.23. The van der Waals surface area contributed by atoms with E-state index in [1.165, 1.54) is 36.1 Å². The Labute approximate surface area is 121 Å². The summed E-state index contributed by atoms with van der Waals surface area (Å²) >= 11 is 2.02. The first-order chi connectivity index (χ1) is 9.31. The van der Waals surface area contributed by atoms with E-state index in [-0.39, 0.29) is 0 Å². The van der Waals surface area contributed by atoms with Gasteiger partial charge in [0.15, 0.2) is 0 Å². The lowest BCUT2D eigenvalue weighted by Gasteiger charge is -2.27. The average Bonchev–Trinajstić information content (AvgIpc) is 2.46. The van der Waals surface area contributed by atoms with Crippen LogP contribution in [0.2, 0.25) is 0 Å². The summed E-state index contributed by atoms with van der Waals surface area (Å²) in [6.07, 6.45) is 5.51. The maximum absolute atomic E-state index is 5.51. The quantitative estimate of drug-likeness (QED) is 0.854. The van der Waals surface area contributed by atoms with E-state index in [1.54, 1.807) is 0 Å². The Hall–Kier alpha value is -0.510. The zero-order valence-electron chi connectivity index (χ0n) is 12.0. The van der Waals surface area contributed by atoms with Gasteiger partial charge in [-0.15, -0.1) is 11.8 Å². The summed E-state index contributed by atoms with van der Waals surface area (Å²) in [5.41, 5.74) is 1.38. The minimum absolute atomic E-state index is 0.469. The predicted octanol–water partition coefficient (Wildman–Crippen LogP) is 3.85. The van der Waals surface area contributed by atoms with Gasteiger partial charge in [0.1, 0.15) is 0 Å². The van der Waals surface area contributed by atoms with Gasteiger partial charge in [0.2, 0.25) is 0 Å². The van der Waals surface area contributed by atoms with Crippen molar-refractivity contribution in [1.82, 2.24) is 5.32 Å². The highest BCUT2D eigenvalue weighted by atomic mass is 32.2. The molecule has 1 aromatic rings. The molecule has 0 spiro atoms. The summed E-state index contributed by atoms with van der Waals surface area (Å²) in [6, 6.07) is 8.93. The number of rotatable bonds is 6. The van der Waals surface area contributed by atoms with Crippen LogP contribution < -0.4 is 5.32 Å². The molecule has 3 heteroatoms. The first kappa shape index (κ1) is 14.9. The summed E-state index contributed by atoms with van der Waals surface area (Å²) in [6.45, 7) is 4.14. The first-order valence-electron chi connectivity index (χ1n) is 7.31. The Morgan fingerprint density at radius 1 is 1.37 bits per heavy atom. The molecular formula is C16H25NOS. The summed E-state index contributed by atoms with van der Waals surface area (Å²) in [5.74, 6) is 0. The highest BCUT2D eigenvalue weighted by Gasteiger charge is 2.22. The Morgan fingerprint density at radius 2 is 2.26 bits per heavy atom. The fourth-order valence-electron chi connectivity index (χ4n) is 2.61. The second-order valence-corrected chi connectivity index (χ2v) is 6.57. The van der Waals surface area contributed by atoms with Crippen molar-refractivity contribution in [1.29, 1.82) is 0 Å². The molecule has 2 unspecified atom stereocenters. The molecule has 2 nitrogen and oxygen atoms in total. The second-order valence-electron chi connectivity index (χ2n) is 5.19. The van der Waals surface area contributed by atoms with E-state index in [2.05, 4.69) is 36.5 Å². The van der Waals surface area contributed by atoms with Crippen molar-refractivity contribution in [2.45, 2.75) is 55.4 Å². The van der Waals surface area contributed by atoms with E-state index in [0.29, 0.717) is 11.4 Å². The van der Waals surface area contributed by atoms with Crippen LogP contribution in [-0.2, 0) is 11.3 Å². The van der Waals surface area contributed by atoms with E-state index in [4.69, 9.17) is 4.74 Å². The van der Waals surface area contributed by atoms with Crippen molar-refractivity contribution in [2.24, 2.45) is 0 Å². The molecule has 0 saturated heterocycles. The minimum Gasteiger partial charge on any atom is -0.381 e. The Bertz CT molecular complexity index is 383. The van der Waals surface area contributed by atoms with Crippen LogP contribution in [0.15, 0.2) is 29.2 Å². The molecule has 1 aliphatic carbocycles. The third kappa shape index (κ3) is 4.83. The highest BCUT2D eigenvalue weighted by molar-refractivity contribution is 8.00. The van der Waals surface area contributed by atoms with Crippen molar-refractivity contribution in [3.8, 4) is 0 Å². The zero-order valence-corrected chi connectivity index (χ0v) is 12.8. The molecule has 0 aromatic heterocycles. The number of thioether (sulfide) groups is 1. The lowest BCUT2D eigenvalue weighted by molar-refractivity contribution is 0.0730. The average molecular weight is 279 g/mol. The molecule has 106 valence electrons. The number of nitrogens with one attached hydrogen (secondary N) is 1. The van der Waals surface area contributed by atoms with Crippen LogP contribution in [0, 0.1) is 0 Å². The first-order valence-corrected chi connectivity index (χ1v) is 8.19. The Balaban J connectivity index is 1.90. The SMILES string of the molecule is CCNCc1cccc(SC2CCCC(OC)C2)c1. The van der Waals surface area contributed by atoms with E-state index < -0.39 is 0 Å². The van der Waals surface area contributed by atoms with Crippen LogP contribution in [0.3, 0.4) is 0 Å². The highest BCUT2D eigenvalue weighted by Crippen LogP contribution is 2.34. The lowest BCUT2D eigenvalue weighted by atomic mass is 9.97. The summed E-state index contributed by atoms with van der Waals surface area (Å²) in [5, 5.41) is 4.10. The molecule has 19 heavy (non-hydrogen) atoms. The molecule has 1 aliphatic rings. The van der Waals surface area contributed by atoms with Crippen LogP contribution in [0.4, 0.5) is 0 Å². The van der Waals surface area contributed by atoms with Crippen LogP contribution in [0.1, 0.15) is 38.2 Å². The van der Waals surface area contributed by atoms with Crippen molar-refractivity contribution in [3.63, 3.8) is 0 Å². The van der Waals surface area contributed by atoms with Crippen molar-refractivity contribution < 1.29 is 4.74 Å². The Morgan fingerprint density at radius 3 is 3.05 bits per heavy atom. The van der Waals surface area contributed by atoms with Gasteiger partial charge in [0.25, 0.3) is 0 Å². The van der Waals surface area contributed by atoms with E-state index in [9.17, 15) is 0 Å². The Kier molecular flexibility index (Phi) is 6.21. The van der Waals surface area contributed by atoms with E-state index in [1.807, 2.05) is 18.9 Å². The molecule has 0 heterocycles.